The first-order valence-corrected chi connectivity index (χ1v) is 11.3. The lowest BCUT2D eigenvalue weighted by atomic mass is 9.83. The van der Waals surface area contributed by atoms with Gasteiger partial charge in [0.05, 0.1) is 6.17 Å². The fraction of sp³-hybridized carbons (Fsp3) is 0.357. The molecule has 0 heterocycles. The van der Waals surface area contributed by atoms with Crippen LogP contribution in [-0.4, -0.2) is 13.2 Å². The summed E-state index contributed by atoms with van der Waals surface area (Å²) in [6, 6.07) is 22.2. The molecule has 0 aromatic heterocycles. The van der Waals surface area contributed by atoms with E-state index in [-0.39, 0.29) is 17.9 Å². The van der Waals surface area contributed by atoms with Gasteiger partial charge < -0.3 is 11.1 Å². The van der Waals surface area contributed by atoms with Crippen LogP contribution in [0, 0.1) is 12.7 Å². The Morgan fingerprint density at radius 3 is 2.19 bits per heavy atom. The number of benzene rings is 3. The third kappa shape index (κ3) is 6.25. The summed E-state index contributed by atoms with van der Waals surface area (Å²) in [6.45, 7) is 4.42. The molecule has 3 aromatic rings. The first-order chi connectivity index (χ1) is 15.0. The monoisotopic (exact) mass is 418 g/mol. The van der Waals surface area contributed by atoms with Crippen LogP contribution in [0.3, 0.4) is 0 Å². The highest BCUT2D eigenvalue weighted by Crippen LogP contribution is 2.31. The molecule has 2 nitrogen and oxygen atoms in total. The summed E-state index contributed by atoms with van der Waals surface area (Å²) in [7, 11) is 1.92. The van der Waals surface area contributed by atoms with E-state index >= 15 is 0 Å². The van der Waals surface area contributed by atoms with Crippen LogP contribution in [-0.2, 0) is 25.7 Å². The van der Waals surface area contributed by atoms with Crippen molar-refractivity contribution in [1.29, 1.82) is 0 Å². The third-order valence-electron chi connectivity index (χ3n) is 6.33. The van der Waals surface area contributed by atoms with Gasteiger partial charge >= 0.3 is 0 Å². The van der Waals surface area contributed by atoms with E-state index in [2.05, 4.69) is 61.6 Å². The smallest absolute Gasteiger partial charge is 0.123 e. The molecule has 0 amide bonds. The molecule has 31 heavy (non-hydrogen) atoms. The average molecular weight is 419 g/mol. The Bertz CT molecular complexity index is 951. The van der Waals surface area contributed by atoms with Gasteiger partial charge in [0, 0.05) is 5.92 Å². The maximum Gasteiger partial charge on any atom is 0.123 e. The third-order valence-corrected chi connectivity index (χ3v) is 6.33. The van der Waals surface area contributed by atoms with Gasteiger partial charge in [0.1, 0.15) is 5.82 Å². The van der Waals surface area contributed by atoms with E-state index in [0.29, 0.717) is 0 Å². The van der Waals surface area contributed by atoms with Crippen molar-refractivity contribution in [1.82, 2.24) is 5.32 Å². The highest BCUT2D eigenvalue weighted by Gasteiger charge is 2.22. The number of hydrogen-bond acceptors (Lipinski definition) is 2. The fourth-order valence-electron chi connectivity index (χ4n) is 4.40. The van der Waals surface area contributed by atoms with E-state index in [1.807, 2.05) is 19.2 Å². The summed E-state index contributed by atoms with van der Waals surface area (Å²) in [4.78, 5) is 0. The van der Waals surface area contributed by atoms with Crippen molar-refractivity contribution < 1.29 is 4.39 Å². The van der Waals surface area contributed by atoms with Crippen molar-refractivity contribution in [3.63, 3.8) is 0 Å². The number of rotatable bonds is 10. The van der Waals surface area contributed by atoms with Gasteiger partial charge in [-0.25, -0.2) is 4.39 Å². The predicted octanol–water partition coefficient (Wildman–Crippen LogP) is 5.70. The molecule has 0 aliphatic carbocycles. The van der Waals surface area contributed by atoms with Crippen LogP contribution in [0.1, 0.15) is 52.6 Å². The summed E-state index contributed by atoms with van der Waals surface area (Å²) < 4.78 is 13.3. The Hall–Kier alpha value is -2.49. The molecule has 0 saturated carbocycles. The molecule has 0 saturated heterocycles. The highest BCUT2D eigenvalue weighted by atomic mass is 19.1. The average Bonchev–Trinajstić information content (AvgIpc) is 2.80. The van der Waals surface area contributed by atoms with Crippen molar-refractivity contribution in [2.24, 2.45) is 5.73 Å². The second kappa shape index (κ2) is 11.2. The van der Waals surface area contributed by atoms with Crippen molar-refractivity contribution in [2.45, 2.75) is 58.0 Å². The molecule has 3 aromatic carbocycles. The summed E-state index contributed by atoms with van der Waals surface area (Å²) in [6.07, 6.45) is 4.66. The van der Waals surface area contributed by atoms with E-state index in [4.69, 9.17) is 5.73 Å². The SMILES string of the molecule is CCc1cc(C(CCc2ccc(F)cc2)C(N)NC)c(CCc2ccccc2)cc1C. The fourth-order valence-corrected chi connectivity index (χ4v) is 4.40. The van der Waals surface area contributed by atoms with E-state index in [1.165, 1.54) is 39.9 Å². The van der Waals surface area contributed by atoms with Gasteiger partial charge in [-0.2, -0.15) is 0 Å². The molecule has 0 radical (unpaired) electrons. The van der Waals surface area contributed by atoms with Crippen molar-refractivity contribution in [2.75, 3.05) is 7.05 Å². The number of halogens is 1. The molecular formula is C28H35FN2. The van der Waals surface area contributed by atoms with E-state index in [9.17, 15) is 4.39 Å². The number of aryl methyl sites for hydroxylation is 5. The Kier molecular flexibility index (Phi) is 8.39. The van der Waals surface area contributed by atoms with E-state index in [1.54, 1.807) is 0 Å². The predicted molar refractivity (Wildman–Crippen MR) is 129 cm³/mol. The maximum absolute atomic E-state index is 13.3. The molecule has 0 aliphatic heterocycles. The molecule has 2 unspecified atom stereocenters. The molecule has 0 fully saturated rings. The van der Waals surface area contributed by atoms with Crippen LogP contribution in [0.4, 0.5) is 4.39 Å². The van der Waals surface area contributed by atoms with Gasteiger partial charge in [-0.15, -0.1) is 0 Å². The largest absolute Gasteiger partial charge is 0.315 e. The zero-order chi connectivity index (χ0) is 22.2. The van der Waals surface area contributed by atoms with Crippen molar-refractivity contribution in [3.8, 4) is 0 Å². The molecule has 164 valence electrons. The zero-order valence-electron chi connectivity index (χ0n) is 19.0. The van der Waals surface area contributed by atoms with E-state index in [0.717, 1.165) is 37.7 Å². The molecular weight excluding hydrogens is 383 g/mol. The highest BCUT2D eigenvalue weighted by molar-refractivity contribution is 5.41. The van der Waals surface area contributed by atoms with Gasteiger partial charge in [0.2, 0.25) is 0 Å². The number of hydrogen-bond donors (Lipinski definition) is 2. The lowest BCUT2D eigenvalue weighted by molar-refractivity contribution is 0.448. The summed E-state index contributed by atoms with van der Waals surface area (Å²) in [5.74, 6) is -0.00623. The topological polar surface area (TPSA) is 38.0 Å². The normalized spacial score (nSPS) is 13.2. The minimum absolute atomic E-state index is 0.136. The first-order valence-electron chi connectivity index (χ1n) is 11.3. The lowest BCUT2D eigenvalue weighted by Gasteiger charge is -2.28. The second-order valence-electron chi connectivity index (χ2n) is 8.40. The van der Waals surface area contributed by atoms with Crippen LogP contribution in [0.15, 0.2) is 66.7 Å². The van der Waals surface area contributed by atoms with Gasteiger partial charge in [-0.05, 0) is 91.6 Å². The zero-order valence-corrected chi connectivity index (χ0v) is 19.0. The van der Waals surface area contributed by atoms with Gasteiger partial charge in [-0.3, -0.25) is 0 Å². The van der Waals surface area contributed by atoms with Crippen LogP contribution < -0.4 is 11.1 Å². The first kappa shape index (κ1) is 23.2. The Morgan fingerprint density at radius 1 is 0.871 bits per heavy atom. The van der Waals surface area contributed by atoms with Gasteiger partial charge in [0.25, 0.3) is 0 Å². The molecule has 0 bridgehead atoms. The number of likely N-dealkylation sites (N-methyl/N-ethyl adjacent to an activating group) is 1. The van der Waals surface area contributed by atoms with Crippen molar-refractivity contribution >= 4 is 0 Å². The Balaban J connectivity index is 1.90. The van der Waals surface area contributed by atoms with Crippen molar-refractivity contribution in [3.05, 3.63) is 106 Å². The standard InChI is InChI=1S/C28H35FN2/c1-4-23-19-27(24(18-20(23)2)14-10-21-8-6-5-7-9-21)26(28(30)31-3)17-13-22-11-15-25(29)16-12-22/h5-9,11-12,15-16,18-19,26,28,31H,4,10,13-14,17,30H2,1-3H3. The Labute approximate surface area is 186 Å². The summed E-state index contributed by atoms with van der Waals surface area (Å²) in [5, 5.41) is 3.28. The molecule has 2 atom stereocenters. The molecule has 3 heteroatoms. The van der Waals surface area contributed by atoms with Crippen LogP contribution in [0.25, 0.3) is 0 Å². The summed E-state index contributed by atoms with van der Waals surface area (Å²) in [5.41, 5.74) is 14.5. The van der Waals surface area contributed by atoms with Crippen LogP contribution in [0.5, 0.6) is 0 Å². The summed E-state index contributed by atoms with van der Waals surface area (Å²) >= 11 is 0. The number of nitrogens with one attached hydrogen (secondary N) is 1. The van der Waals surface area contributed by atoms with Crippen LogP contribution in [0.2, 0.25) is 0 Å². The maximum atomic E-state index is 13.3. The number of nitrogens with two attached hydrogens (primary N) is 1. The van der Waals surface area contributed by atoms with Gasteiger partial charge in [0.15, 0.2) is 0 Å². The van der Waals surface area contributed by atoms with E-state index < -0.39 is 0 Å². The van der Waals surface area contributed by atoms with Gasteiger partial charge in [-0.1, -0.05) is 61.5 Å². The molecule has 3 N–H and O–H groups in total. The molecule has 0 spiro atoms. The molecule has 3 rings (SSSR count). The van der Waals surface area contributed by atoms with Crippen LogP contribution >= 0.6 is 0 Å². The Morgan fingerprint density at radius 2 is 1.55 bits per heavy atom. The quantitative estimate of drug-likeness (QED) is 0.414. The molecule has 0 aliphatic rings. The lowest BCUT2D eigenvalue weighted by Crippen LogP contribution is -2.41. The minimum atomic E-state index is -0.193. The second-order valence-corrected chi connectivity index (χ2v) is 8.40. The minimum Gasteiger partial charge on any atom is -0.315 e.